The number of aliphatic imine (C=N–C) groups is 1. The monoisotopic (exact) mass is 369 g/mol. The summed E-state index contributed by atoms with van der Waals surface area (Å²) in [6.07, 6.45) is 3.46. The van der Waals surface area contributed by atoms with Crippen molar-refractivity contribution in [2.75, 3.05) is 0 Å². The van der Waals surface area contributed by atoms with E-state index < -0.39 is 0 Å². The van der Waals surface area contributed by atoms with Crippen LogP contribution in [0.5, 0.6) is 0 Å². The molecule has 2 unspecified atom stereocenters. The number of carbonyl (C=O) groups excluding carboxylic acids is 2. The summed E-state index contributed by atoms with van der Waals surface area (Å²) in [5.74, 6) is -0.192. The Morgan fingerprint density at radius 3 is 2.50 bits per heavy atom. The molecule has 4 rings (SSSR count). The number of carbonyl (C=O) groups is 2. The topological polar surface area (TPSA) is 115 Å². The lowest BCUT2D eigenvalue weighted by molar-refractivity contribution is 0.0539. The summed E-state index contributed by atoms with van der Waals surface area (Å²) in [6.45, 7) is 0. The van der Waals surface area contributed by atoms with E-state index in [9.17, 15) is 9.59 Å². The third kappa shape index (κ3) is 2.86. The second kappa shape index (κ2) is 6.53. The van der Waals surface area contributed by atoms with E-state index in [-0.39, 0.29) is 29.7 Å². The van der Waals surface area contributed by atoms with Crippen LogP contribution in [-0.2, 0) is 0 Å². The van der Waals surface area contributed by atoms with Gasteiger partial charge in [-0.05, 0) is 31.4 Å². The standard InChI is InChI=1S/C18H19N5O2S/c19-17(20)22-18-21-14(9-26-18)10-4-3-5-11(8-10)23-15(24)12-6-1-2-7-13(12)16(23)25/h1-2,6-7,9-11H,3-5,8H2,(H4,19,20,21,22). The van der Waals surface area contributed by atoms with Gasteiger partial charge in [0.15, 0.2) is 5.96 Å². The zero-order valence-electron chi connectivity index (χ0n) is 14.1. The van der Waals surface area contributed by atoms with Gasteiger partial charge in [0.25, 0.3) is 11.8 Å². The molecule has 0 radical (unpaired) electrons. The Kier molecular flexibility index (Phi) is 4.20. The van der Waals surface area contributed by atoms with Crippen molar-refractivity contribution >= 4 is 34.2 Å². The maximum Gasteiger partial charge on any atom is 0.261 e. The molecular formula is C18H19N5O2S. The van der Waals surface area contributed by atoms with Crippen LogP contribution in [0.2, 0.25) is 0 Å². The summed E-state index contributed by atoms with van der Waals surface area (Å²) in [6, 6.07) is 6.92. The number of guanidine groups is 1. The molecule has 26 heavy (non-hydrogen) atoms. The molecule has 2 aromatic rings. The molecule has 1 fully saturated rings. The second-order valence-electron chi connectivity index (χ2n) is 6.63. The highest BCUT2D eigenvalue weighted by Gasteiger charge is 2.41. The van der Waals surface area contributed by atoms with Gasteiger partial charge in [0.2, 0.25) is 5.13 Å². The van der Waals surface area contributed by atoms with Gasteiger partial charge in [-0.2, -0.15) is 4.99 Å². The fraction of sp³-hybridized carbons (Fsp3) is 0.333. The van der Waals surface area contributed by atoms with Gasteiger partial charge in [-0.1, -0.05) is 18.6 Å². The average Bonchev–Trinajstić information content (AvgIpc) is 3.19. The lowest BCUT2D eigenvalue weighted by Gasteiger charge is -2.33. The van der Waals surface area contributed by atoms with E-state index in [1.807, 2.05) is 5.38 Å². The number of aromatic nitrogens is 1. The van der Waals surface area contributed by atoms with Crippen molar-refractivity contribution in [1.82, 2.24) is 9.88 Å². The molecule has 4 N–H and O–H groups in total. The first-order chi connectivity index (χ1) is 12.5. The van der Waals surface area contributed by atoms with E-state index in [0.717, 1.165) is 31.4 Å². The van der Waals surface area contributed by atoms with Crippen LogP contribution >= 0.6 is 11.3 Å². The minimum atomic E-state index is -0.185. The molecule has 2 atom stereocenters. The molecule has 1 aliphatic carbocycles. The van der Waals surface area contributed by atoms with Gasteiger partial charge < -0.3 is 11.5 Å². The summed E-state index contributed by atoms with van der Waals surface area (Å²) in [7, 11) is 0. The number of fused-ring (bicyclic) bond motifs is 1. The minimum Gasteiger partial charge on any atom is -0.370 e. The number of hydrogen-bond acceptors (Lipinski definition) is 5. The van der Waals surface area contributed by atoms with Crippen LogP contribution in [0.25, 0.3) is 0 Å². The zero-order valence-corrected chi connectivity index (χ0v) is 14.9. The largest absolute Gasteiger partial charge is 0.370 e. The van der Waals surface area contributed by atoms with E-state index in [4.69, 9.17) is 11.5 Å². The highest BCUT2D eigenvalue weighted by Crippen LogP contribution is 2.39. The molecule has 134 valence electrons. The van der Waals surface area contributed by atoms with Crippen molar-refractivity contribution < 1.29 is 9.59 Å². The summed E-state index contributed by atoms with van der Waals surface area (Å²) in [5, 5.41) is 2.49. The molecule has 0 saturated heterocycles. The van der Waals surface area contributed by atoms with Gasteiger partial charge in [-0.3, -0.25) is 14.5 Å². The first-order valence-corrected chi connectivity index (χ1v) is 9.44. The van der Waals surface area contributed by atoms with E-state index in [2.05, 4.69) is 9.98 Å². The van der Waals surface area contributed by atoms with Crippen LogP contribution in [0.1, 0.15) is 58.0 Å². The molecule has 1 aromatic carbocycles. The van der Waals surface area contributed by atoms with Crippen molar-refractivity contribution in [3.05, 3.63) is 46.5 Å². The number of imide groups is 1. The van der Waals surface area contributed by atoms with Crippen molar-refractivity contribution in [3.63, 3.8) is 0 Å². The second-order valence-corrected chi connectivity index (χ2v) is 7.47. The summed E-state index contributed by atoms with van der Waals surface area (Å²) >= 11 is 1.39. The SMILES string of the molecule is NC(N)=Nc1nc(C2CCCC(N3C(=O)c4ccccc4C3=O)C2)cs1. The number of benzene rings is 1. The summed E-state index contributed by atoms with van der Waals surface area (Å²) < 4.78 is 0. The van der Waals surface area contributed by atoms with Crippen molar-refractivity contribution in [3.8, 4) is 0 Å². The Hall–Kier alpha value is -2.74. The predicted molar refractivity (Wildman–Crippen MR) is 99.5 cm³/mol. The Morgan fingerprint density at radius 2 is 1.85 bits per heavy atom. The van der Waals surface area contributed by atoms with Crippen LogP contribution in [0.3, 0.4) is 0 Å². The summed E-state index contributed by atoms with van der Waals surface area (Å²) in [5.41, 5.74) is 12.7. The molecule has 2 amide bonds. The van der Waals surface area contributed by atoms with Gasteiger partial charge >= 0.3 is 0 Å². The fourth-order valence-electron chi connectivity index (χ4n) is 3.83. The van der Waals surface area contributed by atoms with Crippen LogP contribution < -0.4 is 11.5 Å². The van der Waals surface area contributed by atoms with E-state index in [1.165, 1.54) is 16.2 Å². The fourth-order valence-corrected chi connectivity index (χ4v) is 4.62. The smallest absolute Gasteiger partial charge is 0.261 e. The van der Waals surface area contributed by atoms with E-state index in [0.29, 0.717) is 16.3 Å². The Bertz CT molecular complexity index is 867. The van der Waals surface area contributed by atoms with E-state index in [1.54, 1.807) is 24.3 Å². The van der Waals surface area contributed by atoms with Gasteiger partial charge in [-0.25, -0.2) is 4.98 Å². The van der Waals surface area contributed by atoms with Crippen molar-refractivity contribution in [2.24, 2.45) is 16.5 Å². The van der Waals surface area contributed by atoms with Crippen LogP contribution in [0, 0.1) is 0 Å². The van der Waals surface area contributed by atoms with E-state index >= 15 is 0 Å². The number of nitrogens with zero attached hydrogens (tertiary/aromatic N) is 3. The first-order valence-electron chi connectivity index (χ1n) is 8.56. The van der Waals surface area contributed by atoms with Crippen molar-refractivity contribution in [2.45, 2.75) is 37.6 Å². The van der Waals surface area contributed by atoms with Crippen molar-refractivity contribution in [1.29, 1.82) is 0 Å². The molecule has 7 nitrogen and oxygen atoms in total. The Balaban J connectivity index is 1.55. The molecule has 1 aromatic heterocycles. The van der Waals surface area contributed by atoms with Crippen LogP contribution in [0.4, 0.5) is 5.13 Å². The molecule has 0 spiro atoms. The maximum absolute atomic E-state index is 12.7. The molecule has 2 heterocycles. The molecular weight excluding hydrogens is 350 g/mol. The molecule has 1 aliphatic heterocycles. The lowest BCUT2D eigenvalue weighted by Crippen LogP contribution is -2.42. The zero-order chi connectivity index (χ0) is 18.3. The average molecular weight is 369 g/mol. The molecule has 8 heteroatoms. The molecule has 0 bridgehead atoms. The normalized spacial score (nSPS) is 22.4. The van der Waals surface area contributed by atoms with Gasteiger partial charge in [0.05, 0.1) is 16.8 Å². The predicted octanol–water partition coefficient (Wildman–Crippen LogP) is 2.37. The number of rotatable bonds is 3. The molecule has 1 saturated carbocycles. The lowest BCUT2D eigenvalue weighted by atomic mass is 9.83. The highest BCUT2D eigenvalue weighted by atomic mass is 32.1. The highest BCUT2D eigenvalue weighted by molar-refractivity contribution is 7.13. The third-order valence-electron chi connectivity index (χ3n) is 4.99. The van der Waals surface area contributed by atoms with Crippen LogP contribution in [0.15, 0.2) is 34.6 Å². The third-order valence-corrected chi connectivity index (χ3v) is 5.74. The Labute approximate surface area is 154 Å². The number of nitrogens with two attached hydrogens (primary N) is 2. The first kappa shape index (κ1) is 16.7. The molecule has 2 aliphatic rings. The minimum absolute atomic E-state index is 0.0153. The number of amides is 2. The number of thiazole rings is 1. The van der Waals surface area contributed by atoms with Gasteiger partial charge in [0.1, 0.15) is 0 Å². The summed E-state index contributed by atoms with van der Waals surface area (Å²) in [4.78, 5) is 35.4. The van der Waals surface area contributed by atoms with Crippen LogP contribution in [-0.4, -0.2) is 33.7 Å². The van der Waals surface area contributed by atoms with Gasteiger partial charge in [-0.15, -0.1) is 11.3 Å². The van der Waals surface area contributed by atoms with Gasteiger partial charge in [0, 0.05) is 17.3 Å². The maximum atomic E-state index is 12.7. The number of hydrogen-bond donors (Lipinski definition) is 2. The Morgan fingerprint density at radius 1 is 1.15 bits per heavy atom. The quantitative estimate of drug-likeness (QED) is 0.490.